The highest BCUT2D eigenvalue weighted by atomic mass is 16.5. The third kappa shape index (κ3) is 4.77. The van der Waals surface area contributed by atoms with Crippen molar-refractivity contribution in [2.24, 2.45) is 5.92 Å². The molecular weight excluding hydrogens is 264 g/mol. The second kappa shape index (κ2) is 8.07. The molecule has 0 atom stereocenters. The molecule has 0 heterocycles. The number of ether oxygens (including phenoxy) is 2. The summed E-state index contributed by atoms with van der Waals surface area (Å²) in [5.74, 6) is 7.24. The highest BCUT2D eigenvalue weighted by Gasteiger charge is 2.19. The van der Waals surface area contributed by atoms with E-state index in [2.05, 4.69) is 18.8 Å². The molecule has 0 bridgehead atoms. The number of hydrogen-bond donors (Lipinski definition) is 1. The lowest BCUT2D eigenvalue weighted by Crippen LogP contribution is -2.20. The van der Waals surface area contributed by atoms with Gasteiger partial charge in [0.15, 0.2) is 0 Å². The topological polar surface area (TPSA) is 38.7 Å². The normalized spacial score (nSPS) is 21.5. The number of hydrogen-bond acceptors (Lipinski definition) is 3. The maximum atomic E-state index is 8.77. The highest BCUT2D eigenvalue weighted by molar-refractivity contribution is 5.44. The third-order valence-electron chi connectivity index (χ3n) is 4.03. The molecule has 1 aromatic carbocycles. The summed E-state index contributed by atoms with van der Waals surface area (Å²) in [6, 6.07) is 5.78. The van der Waals surface area contributed by atoms with Crippen molar-refractivity contribution in [3.63, 3.8) is 0 Å². The summed E-state index contributed by atoms with van der Waals surface area (Å²) in [5, 5.41) is 8.77. The number of rotatable bonds is 4. The Morgan fingerprint density at radius 1 is 1.24 bits per heavy atom. The average Bonchev–Trinajstić information content (AvgIpc) is 2.52. The van der Waals surface area contributed by atoms with E-state index in [0.29, 0.717) is 12.7 Å². The Kier molecular flexibility index (Phi) is 6.10. The van der Waals surface area contributed by atoms with Gasteiger partial charge in [-0.05, 0) is 49.8 Å². The maximum Gasteiger partial charge on any atom is 0.124 e. The Labute approximate surface area is 127 Å². The predicted molar refractivity (Wildman–Crippen MR) is 83.2 cm³/mol. The van der Waals surface area contributed by atoms with Crippen LogP contribution < -0.4 is 4.74 Å². The molecule has 1 aliphatic carbocycles. The van der Waals surface area contributed by atoms with Gasteiger partial charge < -0.3 is 14.6 Å². The minimum atomic E-state index is -0.127. The van der Waals surface area contributed by atoms with Crippen LogP contribution in [0.25, 0.3) is 0 Å². The van der Waals surface area contributed by atoms with Gasteiger partial charge in [0.05, 0.1) is 19.8 Å². The first-order valence-corrected chi connectivity index (χ1v) is 7.61. The summed E-state index contributed by atoms with van der Waals surface area (Å²) in [7, 11) is 1.67. The monoisotopic (exact) mass is 288 g/mol. The Balaban J connectivity index is 2.00. The first-order chi connectivity index (χ1) is 10.2. The zero-order valence-corrected chi connectivity index (χ0v) is 12.9. The smallest absolute Gasteiger partial charge is 0.124 e. The molecule has 1 fully saturated rings. The van der Waals surface area contributed by atoms with E-state index in [1.165, 1.54) is 12.8 Å². The number of aliphatic hydroxyl groups excluding tert-OH is 1. The molecule has 1 N–H and O–H groups in total. The zero-order chi connectivity index (χ0) is 15.1. The van der Waals surface area contributed by atoms with E-state index >= 15 is 0 Å². The van der Waals surface area contributed by atoms with E-state index in [-0.39, 0.29) is 6.61 Å². The SMILES string of the molecule is COc1ccc(C#CCO)cc1COC1CCC(C)CC1. The van der Waals surface area contributed by atoms with E-state index in [1.807, 2.05) is 18.2 Å². The number of aliphatic hydroxyl groups is 1. The second-order valence-electron chi connectivity index (χ2n) is 5.68. The maximum absolute atomic E-state index is 8.77. The Morgan fingerprint density at radius 3 is 2.67 bits per heavy atom. The van der Waals surface area contributed by atoms with E-state index in [4.69, 9.17) is 14.6 Å². The average molecular weight is 288 g/mol. The molecule has 0 amide bonds. The summed E-state index contributed by atoms with van der Waals surface area (Å²) in [6.07, 6.45) is 5.16. The largest absolute Gasteiger partial charge is 0.496 e. The fourth-order valence-electron chi connectivity index (χ4n) is 2.71. The fraction of sp³-hybridized carbons (Fsp3) is 0.556. The van der Waals surface area contributed by atoms with E-state index in [1.54, 1.807) is 7.11 Å². The van der Waals surface area contributed by atoms with Crippen LogP contribution in [0.15, 0.2) is 18.2 Å². The minimum absolute atomic E-state index is 0.127. The summed E-state index contributed by atoms with van der Waals surface area (Å²) in [6.45, 7) is 2.73. The standard InChI is InChI=1S/C18H24O3/c1-14-5-8-17(9-6-14)21-13-16-12-15(4-3-11-19)7-10-18(16)20-2/h7,10,12,14,17,19H,5-6,8-9,11,13H2,1-2H3. The molecule has 3 nitrogen and oxygen atoms in total. The van der Waals surface area contributed by atoms with Gasteiger partial charge in [0.25, 0.3) is 0 Å². The molecule has 0 unspecified atom stereocenters. The molecule has 0 aliphatic heterocycles. The van der Waals surface area contributed by atoms with Crippen molar-refractivity contribution in [1.29, 1.82) is 0 Å². The summed E-state index contributed by atoms with van der Waals surface area (Å²) in [5.41, 5.74) is 1.89. The predicted octanol–water partition coefficient (Wildman–Crippen LogP) is 3.13. The highest BCUT2D eigenvalue weighted by Crippen LogP contribution is 2.27. The van der Waals surface area contributed by atoms with Crippen molar-refractivity contribution < 1.29 is 14.6 Å². The van der Waals surface area contributed by atoms with Gasteiger partial charge in [0.1, 0.15) is 12.4 Å². The van der Waals surface area contributed by atoms with E-state index < -0.39 is 0 Å². The zero-order valence-electron chi connectivity index (χ0n) is 12.9. The van der Waals surface area contributed by atoms with Crippen molar-refractivity contribution in [2.45, 2.75) is 45.3 Å². The van der Waals surface area contributed by atoms with Crippen LogP contribution in [0.5, 0.6) is 5.75 Å². The molecular formula is C18H24O3. The van der Waals surface area contributed by atoms with Crippen molar-refractivity contribution in [2.75, 3.05) is 13.7 Å². The van der Waals surface area contributed by atoms with E-state index in [9.17, 15) is 0 Å². The van der Waals surface area contributed by atoms with Crippen LogP contribution in [0, 0.1) is 17.8 Å². The van der Waals surface area contributed by atoms with Gasteiger partial charge in [-0.25, -0.2) is 0 Å². The minimum Gasteiger partial charge on any atom is -0.496 e. The van der Waals surface area contributed by atoms with Crippen LogP contribution in [0.4, 0.5) is 0 Å². The molecule has 3 heteroatoms. The molecule has 2 rings (SSSR count). The Bertz CT molecular complexity index is 505. The Hall–Kier alpha value is -1.50. The van der Waals surface area contributed by atoms with Crippen molar-refractivity contribution in [3.05, 3.63) is 29.3 Å². The number of benzene rings is 1. The lowest BCUT2D eigenvalue weighted by atomic mass is 9.89. The van der Waals surface area contributed by atoms with Crippen molar-refractivity contribution >= 4 is 0 Å². The molecule has 1 saturated carbocycles. The van der Waals surface area contributed by atoms with Gasteiger partial charge >= 0.3 is 0 Å². The van der Waals surface area contributed by atoms with Crippen LogP contribution in [-0.4, -0.2) is 24.9 Å². The molecule has 0 spiro atoms. The van der Waals surface area contributed by atoms with Gasteiger partial charge in [-0.2, -0.15) is 0 Å². The van der Waals surface area contributed by atoms with Gasteiger partial charge in [-0.15, -0.1) is 0 Å². The lowest BCUT2D eigenvalue weighted by Gasteiger charge is -2.26. The van der Waals surface area contributed by atoms with Crippen LogP contribution in [0.2, 0.25) is 0 Å². The fourth-order valence-corrected chi connectivity index (χ4v) is 2.71. The molecule has 1 aromatic rings. The Morgan fingerprint density at radius 2 is 2.00 bits per heavy atom. The van der Waals surface area contributed by atoms with E-state index in [0.717, 1.165) is 35.6 Å². The van der Waals surface area contributed by atoms with Crippen molar-refractivity contribution in [3.8, 4) is 17.6 Å². The first-order valence-electron chi connectivity index (χ1n) is 7.61. The van der Waals surface area contributed by atoms with Crippen molar-refractivity contribution in [1.82, 2.24) is 0 Å². The van der Waals surface area contributed by atoms with Gasteiger partial charge in [0.2, 0.25) is 0 Å². The molecule has 114 valence electrons. The van der Waals surface area contributed by atoms with Crippen LogP contribution in [0.1, 0.15) is 43.7 Å². The lowest BCUT2D eigenvalue weighted by molar-refractivity contribution is 0.00801. The number of methoxy groups -OCH3 is 1. The summed E-state index contributed by atoms with van der Waals surface area (Å²) in [4.78, 5) is 0. The molecule has 0 saturated heterocycles. The van der Waals surface area contributed by atoms with Crippen LogP contribution in [0.3, 0.4) is 0 Å². The molecule has 21 heavy (non-hydrogen) atoms. The first kappa shape index (κ1) is 15.9. The summed E-state index contributed by atoms with van der Waals surface area (Å²) >= 11 is 0. The van der Waals surface area contributed by atoms with Crippen LogP contribution in [-0.2, 0) is 11.3 Å². The second-order valence-corrected chi connectivity index (χ2v) is 5.68. The third-order valence-corrected chi connectivity index (χ3v) is 4.03. The molecule has 0 aromatic heterocycles. The summed E-state index contributed by atoms with van der Waals surface area (Å²) < 4.78 is 11.4. The van der Waals surface area contributed by atoms with Gasteiger partial charge in [0, 0.05) is 11.1 Å². The van der Waals surface area contributed by atoms with Gasteiger partial charge in [-0.1, -0.05) is 18.8 Å². The molecule has 0 radical (unpaired) electrons. The molecule has 1 aliphatic rings. The van der Waals surface area contributed by atoms with Crippen LogP contribution >= 0.6 is 0 Å². The quantitative estimate of drug-likeness (QED) is 0.865. The van der Waals surface area contributed by atoms with Gasteiger partial charge in [-0.3, -0.25) is 0 Å².